The van der Waals surface area contributed by atoms with Crippen LogP contribution in [0.25, 0.3) is 0 Å². The Morgan fingerprint density at radius 2 is 2.36 bits per heavy atom. The number of rotatable bonds is 2. The number of ether oxygens (including phenoxy) is 1. The van der Waals surface area contributed by atoms with Crippen molar-refractivity contribution in [3.63, 3.8) is 0 Å². The molecule has 0 aromatic rings. The highest BCUT2D eigenvalue weighted by atomic mass is 16.5. The van der Waals surface area contributed by atoms with Crippen LogP contribution in [-0.4, -0.2) is 19.4 Å². The maximum atomic E-state index is 11.1. The zero-order chi connectivity index (χ0) is 8.48. The first kappa shape index (κ1) is 8.24. The van der Waals surface area contributed by atoms with Crippen LogP contribution in [0.2, 0.25) is 0 Å². The molecule has 0 saturated heterocycles. The van der Waals surface area contributed by atoms with Gasteiger partial charge in [0.15, 0.2) is 0 Å². The highest BCUT2D eigenvalue weighted by molar-refractivity contribution is 5.82. The van der Waals surface area contributed by atoms with Crippen LogP contribution in [0.3, 0.4) is 0 Å². The van der Waals surface area contributed by atoms with Gasteiger partial charge in [-0.3, -0.25) is 4.79 Å². The lowest BCUT2D eigenvalue weighted by atomic mass is 9.62. The smallest absolute Gasteiger partial charge is 0.312 e. The summed E-state index contributed by atoms with van der Waals surface area (Å²) in [5.41, 5.74) is -0.531. The van der Waals surface area contributed by atoms with Crippen molar-refractivity contribution in [1.82, 2.24) is 0 Å². The summed E-state index contributed by atoms with van der Waals surface area (Å²) >= 11 is 0. The molecule has 1 rings (SSSR count). The minimum Gasteiger partial charge on any atom is -0.469 e. The Morgan fingerprint density at radius 1 is 1.73 bits per heavy atom. The van der Waals surface area contributed by atoms with Crippen molar-refractivity contribution < 1.29 is 14.3 Å². The van der Waals surface area contributed by atoms with Crippen molar-refractivity contribution in [1.29, 1.82) is 0 Å². The molecule has 1 aliphatic rings. The Balaban J connectivity index is 2.67. The van der Waals surface area contributed by atoms with E-state index in [-0.39, 0.29) is 11.9 Å². The Bertz CT molecular complexity index is 188. The Kier molecular flexibility index (Phi) is 1.98. The summed E-state index contributed by atoms with van der Waals surface area (Å²) in [6.45, 7) is 1.78. The molecule has 11 heavy (non-hydrogen) atoms. The van der Waals surface area contributed by atoms with Gasteiger partial charge in [0.05, 0.1) is 12.5 Å². The lowest BCUT2D eigenvalue weighted by Gasteiger charge is -2.40. The van der Waals surface area contributed by atoms with E-state index in [1.165, 1.54) is 7.11 Å². The van der Waals surface area contributed by atoms with E-state index >= 15 is 0 Å². The third-order valence-electron chi connectivity index (χ3n) is 2.61. The van der Waals surface area contributed by atoms with Gasteiger partial charge in [0.25, 0.3) is 0 Å². The largest absolute Gasteiger partial charge is 0.469 e. The summed E-state index contributed by atoms with van der Waals surface area (Å²) in [4.78, 5) is 21.5. The molecule has 0 bridgehead atoms. The molecular formula is C8H12O3. The van der Waals surface area contributed by atoms with Crippen molar-refractivity contribution in [2.75, 3.05) is 7.11 Å². The molecular weight excluding hydrogens is 144 g/mol. The maximum Gasteiger partial charge on any atom is 0.312 e. The number of hydrogen-bond donors (Lipinski definition) is 0. The van der Waals surface area contributed by atoms with Gasteiger partial charge in [0.1, 0.15) is 6.29 Å². The number of methoxy groups -OCH3 is 1. The fraction of sp³-hybridized carbons (Fsp3) is 0.750. The highest BCUT2D eigenvalue weighted by Crippen LogP contribution is 2.45. The van der Waals surface area contributed by atoms with Gasteiger partial charge in [-0.1, -0.05) is 0 Å². The van der Waals surface area contributed by atoms with Crippen LogP contribution in [0.5, 0.6) is 0 Å². The molecule has 0 radical (unpaired) electrons. The van der Waals surface area contributed by atoms with E-state index in [2.05, 4.69) is 4.74 Å². The van der Waals surface area contributed by atoms with E-state index in [0.717, 1.165) is 19.1 Å². The zero-order valence-electron chi connectivity index (χ0n) is 6.79. The average molecular weight is 156 g/mol. The normalized spacial score (nSPS) is 35.6. The minimum absolute atomic E-state index is 0.130. The van der Waals surface area contributed by atoms with Gasteiger partial charge in [-0.25, -0.2) is 0 Å². The monoisotopic (exact) mass is 156 g/mol. The van der Waals surface area contributed by atoms with Crippen LogP contribution < -0.4 is 0 Å². The van der Waals surface area contributed by atoms with Crippen molar-refractivity contribution in [3.8, 4) is 0 Å². The van der Waals surface area contributed by atoms with E-state index in [1.54, 1.807) is 6.92 Å². The van der Waals surface area contributed by atoms with Crippen LogP contribution in [0.15, 0.2) is 0 Å². The minimum atomic E-state index is -0.531. The first-order valence-electron chi connectivity index (χ1n) is 3.69. The highest BCUT2D eigenvalue weighted by Gasteiger charge is 2.49. The van der Waals surface area contributed by atoms with E-state index in [4.69, 9.17) is 0 Å². The van der Waals surface area contributed by atoms with Crippen molar-refractivity contribution in [2.45, 2.75) is 19.8 Å². The van der Waals surface area contributed by atoms with E-state index in [1.807, 2.05) is 0 Å². The molecule has 0 heterocycles. The van der Waals surface area contributed by atoms with E-state index in [0.29, 0.717) is 0 Å². The SMILES string of the molecule is COC(=O)[C@]1(C)CC[C@H]1C=O. The number of hydrogen-bond acceptors (Lipinski definition) is 3. The maximum absolute atomic E-state index is 11.1. The van der Waals surface area contributed by atoms with Crippen molar-refractivity contribution in [3.05, 3.63) is 0 Å². The van der Waals surface area contributed by atoms with Crippen LogP contribution in [0.4, 0.5) is 0 Å². The van der Waals surface area contributed by atoms with E-state index < -0.39 is 5.41 Å². The Morgan fingerprint density at radius 3 is 2.64 bits per heavy atom. The number of carbonyl (C=O) groups excluding carboxylic acids is 2. The number of aldehydes is 1. The second-order valence-electron chi connectivity index (χ2n) is 3.19. The predicted molar refractivity (Wildman–Crippen MR) is 38.9 cm³/mol. The van der Waals surface area contributed by atoms with Crippen molar-refractivity contribution >= 4 is 12.3 Å². The summed E-state index contributed by atoms with van der Waals surface area (Å²) in [7, 11) is 1.35. The zero-order valence-corrected chi connectivity index (χ0v) is 6.79. The average Bonchev–Trinajstić information content (AvgIpc) is 2.00. The van der Waals surface area contributed by atoms with Crippen molar-refractivity contribution in [2.24, 2.45) is 11.3 Å². The number of esters is 1. The molecule has 3 nitrogen and oxygen atoms in total. The van der Waals surface area contributed by atoms with E-state index in [9.17, 15) is 9.59 Å². The van der Waals surface area contributed by atoms with Gasteiger partial charge in [0.2, 0.25) is 0 Å². The molecule has 0 aromatic heterocycles. The van der Waals surface area contributed by atoms with Crippen LogP contribution in [0.1, 0.15) is 19.8 Å². The second kappa shape index (κ2) is 2.64. The fourth-order valence-electron chi connectivity index (χ4n) is 1.45. The third-order valence-corrected chi connectivity index (χ3v) is 2.61. The van der Waals surface area contributed by atoms with Gasteiger partial charge < -0.3 is 9.53 Å². The number of carbonyl (C=O) groups is 2. The molecule has 0 amide bonds. The molecule has 0 N–H and O–H groups in total. The Labute approximate surface area is 65.7 Å². The second-order valence-corrected chi connectivity index (χ2v) is 3.19. The third kappa shape index (κ3) is 1.04. The molecule has 1 fully saturated rings. The molecule has 1 saturated carbocycles. The molecule has 62 valence electrons. The summed E-state index contributed by atoms with van der Waals surface area (Å²) < 4.78 is 4.59. The van der Waals surface area contributed by atoms with Crippen LogP contribution in [-0.2, 0) is 14.3 Å². The van der Waals surface area contributed by atoms with Gasteiger partial charge in [-0.15, -0.1) is 0 Å². The van der Waals surface area contributed by atoms with Crippen LogP contribution in [0, 0.1) is 11.3 Å². The molecule has 0 aliphatic heterocycles. The molecule has 0 spiro atoms. The summed E-state index contributed by atoms with van der Waals surface area (Å²) in [6.07, 6.45) is 2.43. The van der Waals surface area contributed by atoms with Gasteiger partial charge in [0, 0.05) is 5.92 Å². The predicted octanol–water partition coefficient (Wildman–Crippen LogP) is 0.775. The van der Waals surface area contributed by atoms with Gasteiger partial charge in [-0.05, 0) is 19.8 Å². The fourth-order valence-corrected chi connectivity index (χ4v) is 1.45. The molecule has 0 unspecified atom stereocenters. The topological polar surface area (TPSA) is 43.4 Å². The quantitative estimate of drug-likeness (QED) is 0.438. The Hall–Kier alpha value is -0.860. The molecule has 1 aliphatic carbocycles. The van der Waals surface area contributed by atoms with Crippen LogP contribution >= 0.6 is 0 Å². The molecule has 3 heteroatoms. The standard InChI is InChI=1S/C8H12O3/c1-8(7(10)11-2)4-3-6(8)5-9/h5-6H,3-4H2,1-2H3/t6-,8+/m0/s1. The van der Waals surface area contributed by atoms with Gasteiger partial charge >= 0.3 is 5.97 Å². The lowest BCUT2D eigenvalue weighted by Crippen LogP contribution is -2.45. The first-order valence-corrected chi connectivity index (χ1v) is 3.69. The first-order chi connectivity index (χ1) is 5.15. The molecule has 0 aromatic carbocycles. The summed E-state index contributed by atoms with van der Waals surface area (Å²) in [5, 5.41) is 0. The summed E-state index contributed by atoms with van der Waals surface area (Å²) in [5.74, 6) is -0.393. The summed E-state index contributed by atoms with van der Waals surface area (Å²) in [6, 6.07) is 0. The van der Waals surface area contributed by atoms with Gasteiger partial charge in [-0.2, -0.15) is 0 Å². The lowest BCUT2D eigenvalue weighted by molar-refractivity contribution is -0.164. The molecule has 2 atom stereocenters.